The molecular weight excluding hydrogens is 350 g/mol. The second kappa shape index (κ2) is 7.95. The molecular formula is C16H25NO5S2. The smallest absolute Gasteiger partial charge is 0.183 e. The Hall–Kier alpha value is -0.960. The van der Waals surface area contributed by atoms with Crippen LogP contribution in [-0.4, -0.2) is 58.9 Å². The highest BCUT2D eigenvalue weighted by atomic mass is 32.2. The Kier molecular flexibility index (Phi) is 6.41. The molecule has 2 rings (SSSR count). The highest BCUT2D eigenvalue weighted by molar-refractivity contribution is 7.96. The monoisotopic (exact) mass is 375 g/mol. The molecule has 1 heterocycles. The second-order valence-corrected chi connectivity index (χ2v) is 10.6. The molecule has 0 radical (unpaired) electrons. The Bertz CT molecular complexity index is 729. The van der Waals surface area contributed by atoms with E-state index in [-0.39, 0.29) is 22.5 Å². The summed E-state index contributed by atoms with van der Waals surface area (Å²) in [6, 6.07) is 7.44. The van der Waals surface area contributed by atoms with E-state index in [1.165, 1.54) is 12.1 Å². The lowest BCUT2D eigenvalue weighted by Crippen LogP contribution is -2.43. The number of nitrogens with one attached hydrogen (secondary N) is 1. The topological polar surface area (TPSA) is 89.5 Å². The van der Waals surface area contributed by atoms with Crippen molar-refractivity contribution in [1.29, 1.82) is 0 Å². The van der Waals surface area contributed by atoms with E-state index in [9.17, 15) is 16.8 Å². The summed E-state index contributed by atoms with van der Waals surface area (Å²) in [6.07, 6.45) is 0.843. The van der Waals surface area contributed by atoms with Gasteiger partial charge in [-0.05, 0) is 38.9 Å². The van der Waals surface area contributed by atoms with E-state index in [0.717, 1.165) is 0 Å². The average Bonchev–Trinajstić information content (AvgIpc) is 2.83. The summed E-state index contributed by atoms with van der Waals surface area (Å²) in [7, 11) is -7.05. The molecule has 0 spiro atoms. The molecule has 0 bridgehead atoms. The summed E-state index contributed by atoms with van der Waals surface area (Å²) in [5.74, 6) is -0.473. The number of hydrogen-bond acceptors (Lipinski definition) is 6. The zero-order valence-electron chi connectivity index (χ0n) is 14.0. The molecule has 0 unspecified atom stereocenters. The maximum absolute atomic E-state index is 12.8. The van der Waals surface area contributed by atoms with Crippen molar-refractivity contribution < 1.29 is 21.6 Å². The highest BCUT2D eigenvalue weighted by Crippen LogP contribution is 2.25. The van der Waals surface area contributed by atoms with Crippen molar-refractivity contribution >= 4 is 19.7 Å². The minimum Gasteiger partial charge on any atom is -0.379 e. The van der Waals surface area contributed by atoms with Crippen LogP contribution in [0.15, 0.2) is 35.2 Å². The van der Waals surface area contributed by atoms with Crippen LogP contribution in [-0.2, 0) is 24.4 Å². The molecule has 136 valence electrons. The first-order chi connectivity index (χ1) is 11.2. The van der Waals surface area contributed by atoms with Crippen molar-refractivity contribution in [2.75, 3.05) is 24.7 Å². The number of ether oxygens (including phenoxy) is 1. The minimum atomic E-state index is -3.69. The Morgan fingerprint density at radius 3 is 2.50 bits per heavy atom. The zero-order valence-corrected chi connectivity index (χ0v) is 15.6. The molecule has 1 aromatic rings. The molecule has 1 aromatic carbocycles. The van der Waals surface area contributed by atoms with Gasteiger partial charge in [0, 0.05) is 12.6 Å². The first kappa shape index (κ1) is 19.4. The van der Waals surface area contributed by atoms with E-state index in [1.54, 1.807) is 18.2 Å². The third kappa shape index (κ3) is 5.02. The van der Waals surface area contributed by atoms with Gasteiger partial charge in [-0.2, -0.15) is 0 Å². The number of sulfone groups is 2. The van der Waals surface area contributed by atoms with Crippen LogP contribution in [0, 0.1) is 0 Å². The van der Waals surface area contributed by atoms with Crippen LogP contribution in [0.4, 0.5) is 0 Å². The maximum Gasteiger partial charge on any atom is 0.183 e. The normalized spacial score (nSPS) is 23.6. The Morgan fingerprint density at radius 1 is 1.21 bits per heavy atom. The van der Waals surface area contributed by atoms with Crippen molar-refractivity contribution in [3.8, 4) is 0 Å². The molecule has 1 aliphatic heterocycles. The molecule has 0 amide bonds. The van der Waals surface area contributed by atoms with Gasteiger partial charge in [0.1, 0.15) is 0 Å². The molecule has 0 saturated carbocycles. The van der Waals surface area contributed by atoms with Crippen LogP contribution in [0.3, 0.4) is 0 Å². The molecule has 8 heteroatoms. The van der Waals surface area contributed by atoms with Crippen LogP contribution in [0.25, 0.3) is 0 Å². The molecule has 1 fully saturated rings. The summed E-state index contributed by atoms with van der Waals surface area (Å²) in [4.78, 5) is 0.169. The summed E-state index contributed by atoms with van der Waals surface area (Å²) < 4.78 is 55.0. The lowest BCUT2D eigenvalue weighted by Gasteiger charge is -2.20. The number of benzene rings is 1. The van der Waals surface area contributed by atoms with Gasteiger partial charge in [-0.25, -0.2) is 16.8 Å². The lowest BCUT2D eigenvalue weighted by atomic mass is 10.2. The van der Waals surface area contributed by atoms with Crippen molar-refractivity contribution in [1.82, 2.24) is 5.32 Å². The third-order valence-electron chi connectivity index (χ3n) is 3.95. The molecule has 0 aliphatic carbocycles. The van der Waals surface area contributed by atoms with E-state index in [0.29, 0.717) is 19.6 Å². The predicted octanol–water partition coefficient (Wildman–Crippen LogP) is 1.03. The molecule has 6 nitrogen and oxygen atoms in total. The van der Waals surface area contributed by atoms with Gasteiger partial charge in [0.25, 0.3) is 0 Å². The fraction of sp³-hybridized carbons (Fsp3) is 0.625. The van der Waals surface area contributed by atoms with Gasteiger partial charge in [0.15, 0.2) is 19.7 Å². The van der Waals surface area contributed by atoms with Gasteiger partial charge < -0.3 is 10.1 Å². The molecule has 24 heavy (non-hydrogen) atoms. The number of hydrogen-bond donors (Lipinski definition) is 1. The van der Waals surface area contributed by atoms with Gasteiger partial charge in [0.05, 0.1) is 27.8 Å². The van der Waals surface area contributed by atoms with Crippen LogP contribution in [0.1, 0.15) is 20.3 Å². The first-order valence-electron chi connectivity index (χ1n) is 8.07. The summed E-state index contributed by atoms with van der Waals surface area (Å²) >= 11 is 0. The van der Waals surface area contributed by atoms with E-state index in [2.05, 4.69) is 5.32 Å². The quantitative estimate of drug-likeness (QED) is 0.683. The summed E-state index contributed by atoms with van der Waals surface area (Å²) in [5, 5.41) is 2.15. The molecule has 1 saturated heterocycles. The SMILES string of the molecule is CC(C)OCCCN[C@H]1CS(=O)(=O)C[C@@H]1S(=O)(=O)c1ccccc1. The van der Waals surface area contributed by atoms with Gasteiger partial charge in [-0.1, -0.05) is 18.2 Å². The van der Waals surface area contributed by atoms with Gasteiger partial charge in [-0.3, -0.25) is 0 Å². The highest BCUT2D eigenvalue weighted by Gasteiger charge is 2.45. The Morgan fingerprint density at radius 2 is 1.88 bits per heavy atom. The average molecular weight is 376 g/mol. The van der Waals surface area contributed by atoms with Crippen molar-refractivity contribution in [3.63, 3.8) is 0 Å². The van der Waals surface area contributed by atoms with E-state index in [1.807, 2.05) is 13.8 Å². The molecule has 2 atom stereocenters. The predicted molar refractivity (Wildman–Crippen MR) is 93.6 cm³/mol. The van der Waals surface area contributed by atoms with Crippen molar-refractivity contribution in [3.05, 3.63) is 30.3 Å². The molecule has 1 N–H and O–H groups in total. The zero-order chi connectivity index (χ0) is 17.8. The first-order valence-corrected chi connectivity index (χ1v) is 11.4. The van der Waals surface area contributed by atoms with Crippen LogP contribution in [0.2, 0.25) is 0 Å². The minimum absolute atomic E-state index is 0.142. The van der Waals surface area contributed by atoms with Crippen LogP contribution >= 0.6 is 0 Å². The lowest BCUT2D eigenvalue weighted by molar-refractivity contribution is 0.0768. The molecule has 1 aliphatic rings. The summed E-state index contributed by atoms with van der Waals surface area (Å²) in [5.41, 5.74) is 0. The largest absolute Gasteiger partial charge is 0.379 e. The molecule has 0 aromatic heterocycles. The fourth-order valence-corrected chi connectivity index (χ4v) is 7.51. The van der Waals surface area contributed by atoms with Crippen molar-refractivity contribution in [2.24, 2.45) is 0 Å². The standard InChI is InChI=1S/C16H25NO5S2/c1-13(2)22-10-6-9-17-15-11-23(18,19)12-16(15)24(20,21)14-7-4-3-5-8-14/h3-5,7-8,13,15-17H,6,9-12H2,1-2H3/t15-,16-/m0/s1. The van der Waals surface area contributed by atoms with Gasteiger partial charge in [0.2, 0.25) is 0 Å². The maximum atomic E-state index is 12.8. The Labute approximate surface area is 144 Å². The van der Waals surface area contributed by atoms with Gasteiger partial charge in [-0.15, -0.1) is 0 Å². The van der Waals surface area contributed by atoms with Gasteiger partial charge >= 0.3 is 0 Å². The fourth-order valence-electron chi connectivity index (χ4n) is 2.78. The van der Waals surface area contributed by atoms with Crippen LogP contribution in [0.5, 0.6) is 0 Å². The van der Waals surface area contributed by atoms with Crippen LogP contribution < -0.4 is 5.32 Å². The third-order valence-corrected chi connectivity index (χ3v) is 8.12. The summed E-state index contributed by atoms with van der Waals surface area (Å²) in [6.45, 7) is 4.97. The van der Waals surface area contributed by atoms with Crippen molar-refractivity contribution in [2.45, 2.75) is 42.6 Å². The van der Waals surface area contributed by atoms with E-state index in [4.69, 9.17) is 4.74 Å². The van der Waals surface area contributed by atoms with E-state index >= 15 is 0 Å². The second-order valence-electron chi connectivity index (χ2n) is 6.31. The van der Waals surface area contributed by atoms with E-state index < -0.39 is 31.0 Å². The Balaban J connectivity index is 2.06. The number of rotatable bonds is 8.